The molecular weight excluding hydrogens is 502 g/mol. The molecule has 1 aliphatic rings. The molecule has 4 aromatic rings. The summed E-state index contributed by atoms with van der Waals surface area (Å²) >= 11 is 0.869. The predicted octanol–water partition coefficient (Wildman–Crippen LogP) is 6.18. The molecule has 0 unspecified atom stereocenters. The number of hydrogen-bond donors (Lipinski definition) is 0. The average Bonchev–Trinajstić information content (AvgIpc) is 3.20. The van der Waals surface area contributed by atoms with E-state index in [1.165, 1.54) is 4.90 Å². The lowest BCUT2D eigenvalue weighted by Crippen LogP contribution is -2.32. The maximum absolute atomic E-state index is 12.9. The molecule has 1 aliphatic heterocycles. The number of rotatable bonds is 8. The molecule has 1 heterocycles. The molecule has 0 N–H and O–H groups in total. The van der Waals surface area contributed by atoms with E-state index in [4.69, 9.17) is 14.2 Å². The fourth-order valence-corrected chi connectivity index (χ4v) is 4.84. The topological polar surface area (TPSA) is 82.1 Å². The third kappa shape index (κ3) is 5.55. The molecule has 1 saturated heterocycles. The van der Waals surface area contributed by atoms with Gasteiger partial charge in [0, 0.05) is 5.39 Å². The molecule has 0 atom stereocenters. The monoisotopic (exact) mass is 525 g/mol. The first-order chi connectivity index (χ1) is 18.5. The molecule has 0 aliphatic carbocycles. The number of nitrogens with zero attached hydrogens (tertiary/aromatic N) is 1. The minimum Gasteiger partial charge on any atom is -0.497 e. The summed E-state index contributed by atoms with van der Waals surface area (Å²) in [7, 11) is 1.55. The van der Waals surface area contributed by atoms with Crippen LogP contribution in [0.4, 0.5) is 4.79 Å². The number of amides is 2. The quantitative estimate of drug-likeness (QED) is 0.154. The van der Waals surface area contributed by atoms with Gasteiger partial charge in [0.15, 0.2) is 0 Å². The van der Waals surface area contributed by atoms with Gasteiger partial charge in [0.1, 0.15) is 23.9 Å². The van der Waals surface area contributed by atoms with Crippen LogP contribution in [0.15, 0.2) is 95.9 Å². The summed E-state index contributed by atoms with van der Waals surface area (Å²) in [6.07, 6.45) is 1.61. The molecule has 2 amide bonds. The Labute approximate surface area is 223 Å². The molecule has 8 heteroatoms. The van der Waals surface area contributed by atoms with Crippen molar-refractivity contribution in [3.63, 3.8) is 0 Å². The molecule has 190 valence electrons. The second-order valence-electron chi connectivity index (χ2n) is 8.35. The van der Waals surface area contributed by atoms with E-state index in [2.05, 4.69) is 0 Å². The molecule has 4 aromatic carbocycles. The van der Waals surface area contributed by atoms with Gasteiger partial charge in [-0.15, -0.1) is 0 Å². The number of fused-ring (bicyclic) bond motifs is 1. The SMILES string of the molecule is COc1ccc(C(=O)Oc2cccc(/C=C3\SC(=O)N(CCOc4cccc5ccccc45)C3=O)c2)cc1. The van der Waals surface area contributed by atoms with E-state index in [0.717, 1.165) is 22.5 Å². The summed E-state index contributed by atoms with van der Waals surface area (Å²) in [6, 6.07) is 27.0. The fraction of sp³-hybridized carbons (Fsp3) is 0.100. The van der Waals surface area contributed by atoms with Crippen LogP contribution in [0.2, 0.25) is 0 Å². The van der Waals surface area contributed by atoms with Crippen molar-refractivity contribution in [2.45, 2.75) is 0 Å². The molecule has 0 bridgehead atoms. The van der Waals surface area contributed by atoms with Gasteiger partial charge < -0.3 is 14.2 Å². The highest BCUT2D eigenvalue weighted by molar-refractivity contribution is 8.18. The Kier molecular flexibility index (Phi) is 7.42. The van der Waals surface area contributed by atoms with Crippen LogP contribution in [0, 0.1) is 0 Å². The summed E-state index contributed by atoms with van der Waals surface area (Å²) in [5, 5.41) is 1.66. The third-order valence-electron chi connectivity index (χ3n) is 5.89. The number of imide groups is 1. The zero-order chi connectivity index (χ0) is 26.5. The van der Waals surface area contributed by atoms with Crippen molar-refractivity contribution in [2.75, 3.05) is 20.3 Å². The number of carbonyl (C=O) groups excluding carboxylic acids is 3. The highest BCUT2D eigenvalue weighted by Gasteiger charge is 2.34. The standard InChI is InChI=1S/C30H23NO6S/c1-35-23-14-12-22(13-15-23)29(33)37-24-9-4-6-20(18-24)19-27-28(32)31(30(34)38-27)16-17-36-26-11-5-8-21-7-2-3-10-25(21)26/h2-15,18-19H,16-17H2,1H3/b27-19-. The van der Waals surface area contributed by atoms with Gasteiger partial charge in [-0.25, -0.2) is 4.79 Å². The summed E-state index contributed by atoms with van der Waals surface area (Å²) in [4.78, 5) is 39.4. The van der Waals surface area contributed by atoms with E-state index >= 15 is 0 Å². The molecule has 0 radical (unpaired) electrons. The first kappa shape index (κ1) is 25.1. The van der Waals surface area contributed by atoms with E-state index in [1.807, 2.05) is 42.5 Å². The molecule has 0 aromatic heterocycles. The molecule has 7 nitrogen and oxygen atoms in total. The number of carbonyl (C=O) groups is 3. The van der Waals surface area contributed by atoms with Gasteiger partial charge >= 0.3 is 5.97 Å². The van der Waals surface area contributed by atoms with Gasteiger partial charge in [-0.2, -0.15) is 0 Å². The molecule has 0 spiro atoms. The first-order valence-corrected chi connectivity index (χ1v) is 12.7. The zero-order valence-electron chi connectivity index (χ0n) is 20.5. The Morgan fingerprint density at radius 2 is 1.66 bits per heavy atom. The maximum atomic E-state index is 12.9. The summed E-state index contributed by atoms with van der Waals surface area (Å²) < 4.78 is 16.5. The number of hydrogen-bond acceptors (Lipinski definition) is 7. The maximum Gasteiger partial charge on any atom is 0.343 e. The van der Waals surface area contributed by atoms with Gasteiger partial charge in [-0.3, -0.25) is 14.5 Å². The minimum atomic E-state index is -0.517. The summed E-state index contributed by atoms with van der Waals surface area (Å²) in [5.41, 5.74) is 1.01. The number of esters is 1. The molecule has 0 saturated carbocycles. The largest absolute Gasteiger partial charge is 0.497 e. The lowest BCUT2D eigenvalue weighted by molar-refractivity contribution is -0.123. The number of thioether (sulfide) groups is 1. The Hall–Kier alpha value is -4.56. The number of methoxy groups -OCH3 is 1. The number of ether oxygens (including phenoxy) is 3. The predicted molar refractivity (Wildman–Crippen MR) is 147 cm³/mol. The highest BCUT2D eigenvalue weighted by Crippen LogP contribution is 2.33. The van der Waals surface area contributed by atoms with Crippen LogP contribution < -0.4 is 14.2 Å². The minimum absolute atomic E-state index is 0.130. The average molecular weight is 526 g/mol. The van der Waals surface area contributed by atoms with Crippen molar-refractivity contribution < 1.29 is 28.6 Å². The first-order valence-electron chi connectivity index (χ1n) is 11.8. The van der Waals surface area contributed by atoms with Crippen LogP contribution in [-0.2, 0) is 4.79 Å². The Balaban J connectivity index is 1.22. The normalized spacial score (nSPS) is 14.2. The van der Waals surface area contributed by atoms with E-state index in [1.54, 1.807) is 61.7 Å². The van der Waals surface area contributed by atoms with Gasteiger partial charge in [-0.05, 0) is 71.3 Å². The lowest BCUT2D eigenvalue weighted by atomic mass is 10.1. The van der Waals surface area contributed by atoms with Crippen molar-refractivity contribution in [3.8, 4) is 17.2 Å². The Morgan fingerprint density at radius 1 is 0.895 bits per heavy atom. The van der Waals surface area contributed by atoms with Crippen molar-refractivity contribution in [1.29, 1.82) is 0 Å². The van der Waals surface area contributed by atoms with E-state index < -0.39 is 5.97 Å². The van der Waals surface area contributed by atoms with Crippen LogP contribution in [0.3, 0.4) is 0 Å². The molecule has 1 fully saturated rings. The van der Waals surface area contributed by atoms with Crippen LogP contribution in [0.5, 0.6) is 17.2 Å². The highest BCUT2D eigenvalue weighted by atomic mass is 32.2. The molecule has 38 heavy (non-hydrogen) atoms. The van der Waals surface area contributed by atoms with Crippen molar-refractivity contribution >= 4 is 45.7 Å². The van der Waals surface area contributed by atoms with Gasteiger partial charge in [0.05, 0.1) is 24.1 Å². The van der Waals surface area contributed by atoms with Crippen LogP contribution in [-0.4, -0.2) is 42.3 Å². The molecule has 5 rings (SSSR count). The second kappa shape index (κ2) is 11.2. The van der Waals surface area contributed by atoms with Crippen LogP contribution >= 0.6 is 11.8 Å². The van der Waals surface area contributed by atoms with Crippen LogP contribution in [0.1, 0.15) is 15.9 Å². The third-order valence-corrected chi connectivity index (χ3v) is 6.80. The van der Waals surface area contributed by atoms with Crippen molar-refractivity contribution in [1.82, 2.24) is 4.90 Å². The zero-order valence-corrected chi connectivity index (χ0v) is 21.3. The Morgan fingerprint density at radius 3 is 2.47 bits per heavy atom. The summed E-state index contributed by atoms with van der Waals surface area (Å²) in [6.45, 7) is 0.306. The van der Waals surface area contributed by atoms with Crippen LogP contribution in [0.25, 0.3) is 16.8 Å². The number of benzene rings is 4. The van der Waals surface area contributed by atoms with E-state index in [-0.39, 0.29) is 24.3 Å². The molecular formula is C30H23NO6S. The van der Waals surface area contributed by atoms with E-state index in [9.17, 15) is 14.4 Å². The van der Waals surface area contributed by atoms with Crippen molar-refractivity contribution in [2.24, 2.45) is 0 Å². The Bertz CT molecular complexity index is 1540. The second-order valence-corrected chi connectivity index (χ2v) is 9.34. The van der Waals surface area contributed by atoms with Gasteiger partial charge in [0.2, 0.25) is 0 Å². The summed E-state index contributed by atoms with van der Waals surface area (Å²) in [5.74, 6) is 0.755. The van der Waals surface area contributed by atoms with Gasteiger partial charge in [0.25, 0.3) is 11.1 Å². The van der Waals surface area contributed by atoms with Crippen molar-refractivity contribution in [3.05, 3.63) is 107 Å². The fourth-order valence-electron chi connectivity index (χ4n) is 3.97. The van der Waals surface area contributed by atoms with Gasteiger partial charge in [-0.1, -0.05) is 48.5 Å². The smallest absolute Gasteiger partial charge is 0.343 e. The lowest BCUT2D eigenvalue weighted by Gasteiger charge is -2.14. The van der Waals surface area contributed by atoms with E-state index in [0.29, 0.717) is 33.3 Å².